The molecule has 0 saturated carbocycles. The van der Waals surface area contributed by atoms with Gasteiger partial charge in [0.05, 0.1) is 12.2 Å². The van der Waals surface area contributed by atoms with Crippen molar-refractivity contribution in [3.8, 4) is 5.88 Å². The standard InChI is InChI=1S/C8H7F3N2O4/c1-4-2-6(17-8(9,10)11)12-7(13(15)16)5(4)3-14/h2,14H,3H2,1H3. The molecule has 0 aromatic carbocycles. The van der Waals surface area contributed by atoms with Gasteiger partial charge in [-0.05, 0) is 17.4 Å². The lowest BCUT2D eigenvalue weighted by atomic mass is 10.1. The number of alkyl halides is 3. The molecule has 0 bridgehead atoms. The van der Waals surface area contributed by atoms with Crippen molar-refractivity contribution in [3.05, 3.63) is 27.3 Å². The quantitative estimate of drug-likeness (QED) is 0.653. The van der Waals surface area contributed by atoms with E-state index in [1.54, 1.807) is 0 Å². The minimum Gasteiger partial charge on any atom is -0.391 e. The van der Waals surface area contributed by atoms with E-state index in [-0.39, 0.29) is 11.1 Å². The molecule has 0 atom stereocenters. The van der Waals surface area contributed by atoms with Crippen molar-refractivity contribution in [2.24, 2.45) is 0 Å². The zero-order valence-electron chi connectivity index (χ0n) is 8.48. The summed E-state index contributed by atoms with van der Waals surface area (Å²) in [5.41, 5.74) is -0.0574. The molecular formula is C8H7F3N2O4. The van der Waals surface area contributed by atoms with E-state index < -0.39 is 29.6 Å². The molecule has 0 aliphatic rings. The maximum Gasteiger partial charge on any atom is 0.575 e. The van der Waals surface area contributed by atoms with Crippen molar-refractivity contribution < 1.29 is 27.9 Å². The molecular weight excluding hydrogens is 245 g/mol. The molecule has 1 aromatic heterocycles. The van der Waals surface area contributed by atoms with Crippen molar-refractivity contribution >= 4 is 5.82 Å². The van der Waals surface area contributed by atoms with Crippen molar-refractivity contribution in [1.82, 2.24) is 4.98 Å². The summed E-state index contributed by atoms with van der Waals surface area (Å²) in [5.74, 6) is -1.79. The minimum atomic E-state index is -4.98. The van der Waals surface area contributed by atoms with E-state index in [1.165, 1.54) is 6.92 Å². The first-order valence-electron chi connectivity index (χ1n) is 4.26. The Morgan fingerprint density at radius 1 is 1.59 bits per heavy atom. The van der Waals surface area contributed by atoms with Crippen molar-refractivity contribution in [2.45, 2.75) is 19.9 Å². The van der Waals surface area contributed by atoms with Crippen LogP contribution in [-0.4, -0.2) is 21.4 Å². The number of aliphatic hydroxyl groups is 1. The second-order valence-corrected chi connectivity index (χ2v) is 3.04. The fraction of sp³-hybridized carbons (Fsp3) is 0.375. The molecule has 0 aliphatic carbocycles. The highest BCUT2D eigenvalue weighted by molar-refractivity contribution is 5.42. The van der Waals surface area contributed by atoms with Crippen LogP contribution in [0.2, 0.25) is 0 Å². The van der Waals surface area contributed by atoms with Gasteiger partial charge in [0.1, 0.15) is 0 Å². The Morgan fingerprint density at radius 3 is 2.59 bits per heavy atom. The number of aliphatic hydroxyl groups excluding tert-OH is 1. The Morgan fingerprint density at radius 2 is 2.18 bits per heavy atom. The topological polar surface area (TPSA) is 85.5 Å². The van der Waals surface area contributed by atoms with Crippen molar-refractivity contribution in [2.75, 3.05) is 0 Å². The molecule has 0 saturated heterocycles. The zero-order valence-corrected chi connectivity index (χ0v) is 8.48. The van der Waals surface area contributed by atoms with Gasteiger partial charge in [-0.15, -0.1) is 13.2 Å². The zero-order chi connectivity index (χ0) is 13.2. The largest absolute Gasteiger partial charge is 0.575 e. The average Bonchev–Trinajstić information content (AvgIpc) is 2.13. The molecule has 1 aromatic rings. The van der Waals surface area contributed by atoms with Gasteiger partial charge in [0, 0.05) is 11.1 Å². The Bertz CT molecular complexity index is 447. The summed E-state index contributed by atoms with van der Waals surface area (Å²) in [4.78, 5) is 12.6. The molecule has 9 heteroatoms. The lowest BCUT2D eigenvalue weighted by Crippen LogP contribution is -2.18. The molecule has 94 valence electrons. The average molecular weight is 252 g/mol. The van der Waals surface area contributed by atoms with Gasteiger partial charge in [0.15, 0.2) is 0 Å². The van der Waals surface area contributed by atoms with E-state index in [0.29, 0.717) is 0 Å². The molecule has 1 rings (SSSR count). The van der Waals surface area contributed by atoms with E-state index in [4.69, 9.17) is 5.11 Å². The first kappa shape index (κ1) is 13.2. The number of nitrogens with zero attached hydrogens (tertiary/aromatic N) is 2. The predicted molar refractivity (Wildman–Crippen MR) is 48.2 cm³/mol. The van der Waals surface area contributed by atoms with Gasteiger partial charge in [0.2, 0.25) is 0 Å². The highest BCUT2D eigenvalue weighted by Crippen LogP contribution is 2.27. The molecule has 1 N–H and O–H groups in total. The first-order chi connectivity index (χ1) is 7.74. The lowest BCUT2D eigenvalue weighted by Gasteiger charge is -2.07. The third-order valence-electron chi connectivity index (χ3n) is 1.85. The molecule has 0 unspecified atom stereocenters. The summed E-state index contributed by atoms with van der Waals surface area (Å²) in [6.07, 6.45) is -4.98. The van der Waals surface area contributed by atoms with Crippen LogP contribution in [0.5, 0.6) is 5.88 Å². The summed E-state index contributed by atoms with van der Waals surface area (Å²) in [6, 6.07) is 0.867. The van der Waals surface area contributed by atoms with Gasteiger partial charge < -0.3 is 20.0 Å². The number of aromatic nitrogens is 1. The number of hydrogen-bond acceptors (Lipinski definition) is 5. The number of hydrogen-bond donors (Lipinski definition) is 1. The molecule has 1 heterocycles. The summed E-state index contributed by atoms with van der Waals surface area (Å²) >= 11 is 0. The SMILES string of the molecule is Cc1cc(OC(F)(F)F)nc([N+](=O)[O-])c1CO. The Kier molecular flexibility index (Phi) is 3.51. The minimum absolute atomic E-state index is 0.0912. The maximum absolute atomic E-state index is 11.9. The van der Waals surface area contributed by atoms with Crippen LogP contribution in [0, 0.1) is 17.0 Å². The van der Waals surface area contributed by atoms with Gasteiger partial charge in [-0.2, -0.15) is 0 Å². The number of pyridine rings is 1. The van der Waals surface area contributed by atoms with Gasteiger partial charge in [-0.25, -0.2) is 0 Å². The van der Waals surface area contributed by atoms with Gasteiger partial charge in [-0.1, -0.05) is 0 Å². The molecule has 0 amide bonds. The molecule has 17 heavy (non-hydrogen) atoms. The predicted octanol–water partition coefficient (Wildman–Crippen LogP) is 1.69. The third-order valence-corrected chi connectivity index (χ3v) is 1.85. The van der Waals surface area contributed by atoms with E-state index in [9.17, 15) is 23.3 Å². The number of nitro groups is 1. The molecule has 0 radical (unpaired) electrons. The van der Waals surface area contributed by atoms with Crippen molar-refractivity contribution in [3.63, 3.8) is 0 Å². The Balaban J connectivity index is 3.25. The first-order valence-corrected chi connectivity index (χ1v) is 4.26. The van der Waals surface area contributed by atoms with Crippen LogP contribution < -0.4 is 4.74 Å². The highest BCUT2D eigenvalue weighted by atomic mass is 19.4. The van der Waals surface area contributed by atoms with Crippen LogP contribution in [0.1, 0.15) is 11.1 Å². The highest BCUT2D eigenvalue weighted by Gasteiger charge is 2.34. The number of rotatable bonds is 3. The molecule has 0 spiro atoms. The van der Waals surface area contributed by atoms with Crippen LogP contribution in [-0.2, 0) is 6.61 Å². The monoisotopic (exact) mass is 252 g/mol. The van der Waals surface area contributed by atoms with Crippen molar-refractivity contribution in [1.29, 1.82) is 0 Å². The van der Waals surface area contributed by atoms with Crippen LogP contribution in [0.15, 0.2) is 6.07 Å². The van der Waals surface area contributed by atoms with Gasteiger partial charge in [-0.3, -0.25) is 0 Å². The van der Waals surface area contributed by atoms with Gasteiger partial charge in [0.25, 0.3) is 0 Å². The van der Waals surface area contributed by atoms with Crippen LogP contribution in [0.25, 0.3) is 0 Å². The second kappa shape index (κ2) is 4.53. The molecule has 0 aliphatic heterocycles. The van der Waals surface area contributed by atoms with Gasteiger partial charge >= 0.3 is 18.1 Å². The van der Waals surface area contributed by atoms with Crippen LogP contribution >= 0.6 is 0 Å². The third kappa shape index (κ3) is 3.28. The normalized spacial score (nSPS) is 11.4. The number of halogens is 3. The molecule has 0 fully saturated rings. The summed E-state index contributed by atoms with van der Waals surface area (Å²) < 4.78 is 39.2. The fourth-order valence-corrected chi connectivity index (χ4v) is 1.17. The van der Waals surface area contributed by atoms with Crippen LogP contribution in [0.4, 0.5) is 19.0 Å². The smallest absolute Gasteiger partial charge is 0.391 e. The number of aryl methyl sites for hydroxylation is 1. The molecule has 6 nitrogen and oxygen atoms in total. The Hall–Kier alpha value is -1.90. The lowest BCUT2D eigenvalue weighted by molar-refractivity contribution is -0.391. The number of ether oxygens (including phenoxy) is 1. The summed E-state index contributed by atoms with van der Waals surface area (Å²) in [6.45, 7) is 0.616. The fourth-order valence-electron chi connectivity index (χ4n) is 1.17. The van der Waals surface area contributed by atoms with E-state index in [1.807, 2.05) is 0 Å². The maximum atomic E-state index is 11.9. The van der Waals surface area contributed by atoms with Crippen LogP contribution in [0.3, 0.4) is 0 Å². The Labute approximate surface area is 92.8 Å². The van der Waals surface area contributed by atoms with E-state index >= 15 is 0 Å². The summed E-state index contributed by atoms with van der Waals surface area (Å²) in [5, 5.41) is 19.4. The van der Waals surface area contributed by atoms with E-state index in [0.717, 1.165) is 6.07 Å². The van der Waals surface area contributed by atoms with E-state index in [2.05, 4.69) is 9.72 Å². The second-order valence-electron chi connectivity index (χ2n) is 3.04. The summed E-state index contributed by atoms with van der Waals surface area (Å²) in [7, 11) is 0.